The Morgan fingerprint density at radius 1 is 0.500 bits per heavy atom. The lowest BCUT2D eigenvalue weighted by Crippen LogP contribution is -1.88. The topological polar surface area (TPSA) is 0 Å². The van der Waals surface area contributed by atoms with Crippen molar-refractivity contribution >= 4 is 0 Å². The van der Waals surface area contributed by atoms with Crippen LogP contribution in [-0.2, 0) is 12.8 Å². The molecule has 0 N–H and O–H groups in total. The summed E-state index contributed by atoms with van der Waals surface area (Å²) in [6.07, 6.45) is 13.6. The summed E-state index contributed by atoms with van der Waals surface area (Å²) in [6.45, 7) is 4.37. The number of benzene rings is 2. The monoisotopic (exact) mass is 322 g/mol. The van der Waals surface area contributed by atoms with E-state index in [0.717, 1.165) is 0 Å². The lowest BCUT2D eigenvalue weighted by Gasteiger charge is -2.05. The third-order valence-electron chi connectivity index (χ3n) is 4.85. The van der Waals surface area contributed by atoms with Crippen molar-refractivity contribution in [2.75, 3.05) is 0 Å². The number of aryl methyl sites for hydroxylation is 4. The first kappa shape index (κ1) is 18.8. The van der Waals surface area contributed by atoms with Crippen LogP contribution in [0.2, 0.25) is 0 Å². The van der Waals surface area contributed by atoms with Crippen LogP contribution in [0.5, 0.6) is 0 Å². The van der Waals surface area contributed by atoms with E-state index in [1.54, 1.807) is 0 Å². The van der Waals surface area contributed by atoms with E-state index in [4.69, 9.17) is 0 Å². The first-order valence-electron chi connectivity index (χ1n) is 9.85. The van der Waals surface area contributed by atoms with Crippen LogP contribution in [0.4, 0.5) is 0 Å². The molecule has 0 saturated heterocycles. The van der Waals surface area contributed by atoms with Crippen LogP contribution in [0.25, 0.3) is 0 Å². The molecule has 0 nitrogen and oxygen atoms in total. The minimum absolute atomic E-state index is 1.25. The molecule has 2 aromatic carbocycles. The molecule has 0 amide bonds. The second kappa shape index (κ2) is 11.1. The third kappa shape index (κ3) is 7.81. The maximum absolute atomic E-state index is 2.33. The van der Waals surface area contributed by atoms with E-state index in [1.165, 1.54) is 86.5 Å². The van der Waals surface area contributed by atoms with Gasteiger partial charge in [-0.3, -0.25) is 0 Å². The zero-order chi connectivity index (χ0) is 17.0. The van der Waals surface area contributed by atoms with Gasteiger partial charge >= 0.3 is 0 Å². The molecule has 0 radical (unpaired) electrons. The lowest BCUT2D eigenvalue weighted by molar-refractivity contribution is 0.567. The molecule has 0 aliphatic rings. The van der Waals surface area contributed by atoms with Gasteiger partial charge in [0.1, 0.15) is 0 Å². The molecule has 2 rings (SSSR count). The molecule has 130 valence electrons. The summed E-state index contributed by atoms with van der Waals surface area (Å²) in [4.78, 5) is 0. The Kier molecular flexibility index (Phi) is 8.66. The van der Waals surface area contributed by atoms with Crippen LogP contribution >= 0.6 is 0 Å². The minimum atomic E-state index is 1.25. The summed E-state index contributed by atoms with van der Waals surface area (Å²) >= 11 is 0. The maximum atomic E-state index is 2.33. The van der Waals surface area contributed by atoms with E-state index in [0.29, 0.717) is 0 Å². The van der Waals surface area contributed by atoms with Gasteiger partial charge in [-0.1, -0.05) is 98.2 Å². The minimum Gasteiger partial charge on any atom is -0.0617 e. The van der Waals surface area contributed by atoms with Gasteiger partial charge in [0.05, 0.1) is 0 Å². The third-order valence-corrected chi connectivity index (χ3v) is 4.85. The zero-order valence-electron chi connectivity index (χ0n) is 15.7. The second-order valence-electron chi connectivity index (χ2n) is 7.31. The Bertz CT molecular complexity index is 529. The number of hydrogen-bond acceptors (Lipinski definition) is 0. The normalized spacial score (nSPS) is 10.9. The molecule has 0 heterocycles. The largest absolute Gasteiger partial charge is 0.0617 e. The summed E-state index contributed by atoms with van der Waals surface area (Å²) in [7, 11) is 0. The van der Waals surface area contributed by atoms with Crippen molar-refractivity contribution in [2.45, 2.75) is 78.1 Å². The molecular weight excluding hydrogens is 288 g/mol. The fourth-order valence-electron chi connectivity index (χ4n) is 3.45. The summed E-state index contributed by atoms with van der Waals surface area (Å²) in [5, 5.41) is 0. The molecule has 0 aromatic heterocycles. The first-order valence-corrected chi connectivity index (χ1v) is 9.85. The van der Waals surface area contributed by atoms with Crippen molar-refractivity contribution < 1.29 is 0 Å². The maximum Gasteiger partial charge on any atom is -0.0279 e. The van der Waals surface area contributed by atoms with Crippen molar-refractivity contribution in [3.05, 3.63) is 70.8 Å². The second-order valence-corrected chi connectivity index (χ2v) is 7.31. The van der Waals surface area contributed by atoms with Crippen LogP contribution < -0.4 is 0 Å². The molecule has 24 heavy (non-hydrogen) atoms. The quantitative estimate of drug-likeness (QED) is 0.383. The molecule has 2 aromatic rings. The fraction of sp³-hybridized carbons (Fsp3) is 0.500. The van der Waals surface area contributed by atoms with Gasteiger partial charge in [0.25, 0.3) is 0 Å². The SMILES string of the molecule is Cc1cccc(CCCCCCCCCCc2cccc(C)c2)c1. The number of hydrogen-bond donors (Lipinski definition) is 0. The molecule has 0 saturated carbocycles. The molecular formula is C24H34. The highest BCUT2D eigenvalue weighted by atomic mass is 14.0. The molecule has 0 atom stereocenters. The fourth-order valence-corrected chi connectivity index (χ4v) is 3.45. The highest BCUT2D eigenvalue weighted by Crippen LogP contribution is 2.14. The Hall–Kier alpha value is -1.56. The predicted octanol–water partition coefficient (Wildman–Crippen LogP) is 7.21. The Labute approximate surface area is 149 Å². The van der Waals surface area contributed by atoms with E-state index in [1.807, 2.05) is 0 Å². The van der Waals surface area contributed by atoms with Crippen LogP contribution in [0.1, 0.15) is 73.6 Å². The van der Waals surface area contributed by atoms with Crippen LogP contribution in [0, 0.1) is 13.8 Å². The number of unbranched alkanes of at least 4 members (excludes halogenated alkanes) is 7. The van der Waals surface area contributed by atoms with Gasteiger partial charge in [-0.05, 0) is 50.7 Å². The smallest absolute Gasteiger partial charge is 0.0279 e. The first-order chi connectivity index (χ1) is 11.7. The van der Waals surface area contributed by atoms with Crippen molar-refractivity contribution in [2.24, 2.45) is 0 Å². The highest BCUT2D eigenvalue weighted by molar-refractivity contribution is 5.22. The Balaban J connectivity index is 1.42. The lowest BCUT2D eigenvalue weighted by atomic mass is 10.0. The highest BCUT2D eigenvalue weighted by Gasteiger charge is 1.97. The zero-order valence-corrected chi connectivity index (χ0v) is 15.7. The van der Waals surface area contributed by atoms with Gasteiger partial charge in [-0.25, -0.2) is 0 Å². The van der Waals surface area contributed by atoms with Gasteiger partial charge in [0.2, 0.25) is 0 Å². The summed E-state index contributed by atoms with van der Waals surface area (Å²) in [5.41, 5.74) is 5.79. The average molecular weight is 323 g/mol. The molecule has 0 unspecified atom stereocenters. The molecule has 0 heteroatoms. The summed E-state index contributed by atoms with van der Waals surface area (Å²) in [5.74, 6) is 0. The van der Waals surface area contributed by atoms with Gasteiger partial charge < -0.3 is 0 Å². The van der Waals surface area contributed by atoms with Gasteiger partial charge in [0.15, 0.2) is 0 Å². The molecule has 0 spiro atoms. The molecule has 0 bridgehead atoms. The Morgan fingerprint density at radius 2 is 0.875 bits per heavy atom. The van der Waals surface area contributed by atoms with E-state index < -0.39 is 0 Å². The van der Waals surface area contributed by atoms with Crippen molar-refractivity contribution in [3.8, 4) is 0 Å². The van der Waals surface area contributed by atoms with E-state index in [2.05, 4.69) is 62.4 Å². The van der Waals surface area contributed by atoms with Crippen LogP contribution in [0.15, 0.2) is 48.5 Å². The molecule has 0 aliphatic carbocycles. The van der Waals surface area contributed by atoms with Crippen molar-refractivity contribution in [1.29, 1.82) is 0 Å². The molecule has 0 fully saturated rings. The van der Waals surface area contributed by atoms with Gasteiger partial charge in [0, 0.05) is 0 Å². The summed E-state index contributed by atoms with van der Waals surface area (Å²) < 4.78 is 0. The van der Waals surface area contributed by atoms with E-state index in [9.17, 15) is 0 Å². The van der Waals surface area contributed by atoms with Crippen LogP contribution in [0.3, 0.4) is 0 Å². The van der Waals surface area contributed by atoms with Gasteiger partial charge in [-0.15, -0.1) is 0 Å². The predicted molar refractivity (Wildman–Crippen MR) is 107 cm³/mol. The molecule has 0 aliphatic heterocycles. The van der Waals surface area contributed by atoms with Gasteiger partial charge in [-0.2, -0.15) is 0 Å². The van der Waals surface area contributed by atoms with E-state index >= 15 is 0 Å². The van der Waals surface area contributed by atoms with E-state index in [-0.39, 0.29) is 0 Å². The average Bonchev–Trinajstić information content (AvgIpc) is 2.57. The van der Waals surface area contributed by atoms with Crippen molar-refractivity contribution in [3.63, 3.8) is 0 Å². The van der Waals surface area contributed by atoms with Crippen molar-refractivity contribution in [1.82, 2.24) is 0 Å². The van der Waals surface area contributed by atoms with Crippen LogP contribution in [-0.4, -0.2) is 0 Å². The number of rotatable bonds is 11. The standard InChI is InChI=1S/C24H34/c1-21-13-11-17-23(19-21)15-9-7-5-3-4-6-8-10-16-24-18-12-14-22(2)20-24/h11-14,17-20H,3-10,15-16H2,1-2H3. The Morgan fingerprint density at radius 3 is 1.25 bits per heavy atom. The summed E-state index contributed by atoms with van der Waals surface area (Å²) in [6, 6.07) is 17.9.